The zero-order chi connectivity index (χ0) is 20.6. The molecule has 28 heavy (non-hydrogen) atoms. The number of oxazole rings is 1. The molecule has 0 saturated carbocycles. The summed E-state index contributed by atoms with van der Waals surface area (Å²) >= 11 is 0. The molecule has 7 nitrogen and oxygen atoms in total. The first kappa shape index (κ1) is 21.5. The molecule has 0 saturated heterocycles. The molecule has 0 aliphatic heterocycles. The van der Waals surface area contributed by atoms with Gasteiger partial charge in [-0.2, -0.15) is 0 Å². The second-order valence-corrected chi connectivity index (χ2v) is 7.65. The summed E-state index contributed by atoms with van der Waals surface area (Å²) in [5.41, 5.74) is 1.78. The van der Waals surface area contributed by atoms with Gasteiger partial charge in [-0.15, -0.1) is 0 Å². The summed E-state index contributed by atoms with van der Waals surface area (Å²) in [7, 11) is 1.72. The van der Waals surface area contributed by atoms with Gasteiger partial charge in [-0.1, -0.05) is 39.8 Å². The Bertz CT molecular complexity index is 805. The molecular formula is C21H31N5O2. The minimum absolute atomic E-state index is 0.0330. The van der Waals surface area contributed by atoms with Crippen molar-refractivity contribution in [2.75, 3.05) is 12.4 Å². The average molecular weight is 386 g/mol. The molecule has 7 heteroatoms. The van der Waals surface area contributed by atoms with E-state index in [1.165, 1.54) is 0 Å². The lowest BCUT2D eigenvalue weighted by atomic mass is 9.94. The Hall–Kier alpha value is -2.83. The van der Waals surface area contributed by atoms with Gasteiger partial charge in [0.15, 0.2) is 5.96 Å². The lowest BCUT2D eigenvalue weighted by Crippen LogP contribution is -2.36. The van der Waals surface area contributed by atoms with Crippen molar-refractivity contribution < 1.29 is 9.21 Å². The maximum Gasteiger partial charge on any atom is 0.224 e. The molecule has 3 N–H and O–H groups in total. The average Bonchev–Trinajstić information content (AvgIpc) is 3.12. The van der Waals surface area contributed by atoms with Crippen molar-refractivity contribution in [1.82, 2.24) is 15.6 Å². The highest BCUT2D eigenvalue weighted by atomic mass is 16.4. The highest BCUT2D eigenvalue weighted by Crippen LogP contribution is 2.22. The number of anilines is 1. The van der Waals surface area contributed by atoms with Crippen molar-refractivity contribution in [2.24, 2.45) is 4.99 Å². The van der Waals surface area contributed by atoms with Gasteiger partial charge in [0.05, 0.1) is 12.7 Å². The van der Waals surface area contributed by atoms with Crippen LogP contribution in [0.25, 0.3) is 0 Å². The lowest BCUT2D eigenvalue weighted by Gasteiger charge is -2.13. The fourth-order valence-electron chi connectivity index (χ4n) is 2.51. The van der Waals surface area contributed by atoms with Gasteiger partial charge in [-0.3, -0.25) is 9.79 Å². The maximum absolute atomic E-state index is 11.7. The predicted octanol–water partition coefficient (Wildman–Crippen LogP) is 3.58. The van der Waals surface area contributed by atoms with Gasteiger partial charge >= 0.3 is 0 Å². The van der Waals surface area contributed by atoms with Crippen molar-refractivity contribution in [3.8, 4) is 0 Å². The van der Waals surface area contributed by atoms with Crippen molar-refractivity contribution in [1.29, 1.82) is 0 Å². The molecule has 152 valence electrons. The van der Waals surface area contributed by atoms with Crippen molar-refractivity contribution in [2.45, 2.75) is 59.0 Å². The van der Waals surface area contributed by atoms with Crippen LogP contribution in [0.4, 0.5) is 5.69 Å². The number of hydrogen-bond acceptors (Lipinski definition) is 4. The van der Waals surface area contributed by atoms with Crippen LogP contribution in [0.15, 0.2) is 39.9 Å². The molecule has 0 fully saturated rings. The van der Waals surface area contributed by atoms with Crippen LogP contribution in [0.3, 0.4) is 0 Å². The number of nitrogens with zero attached hydrogens (tertiary/aromatic N) is 2. The van der Waals surface area contributed by atoms with Gasteiger partial charge in [-0.25, -0.2) is 4.98 Å². The molecule has 1 heterocycles. The third-order valence-electron chi connectivity index (χ3n) is 4.07. The van der Waals surface area contributed by atoms with E-state index in [-0.39, 0.29) is 11.3 Å². The molecule has 2 rings (SSSR count). The van der Waals surface area contributed by atoms with Crippen LogP contribution in [0.1, 0.15) is 57.8 Å². The van der Waals surface area contributed by atoms with E-state index < -0.39 is 0 Å². The van der Waals surface area contributed by atoms with Crippen LogP contribution >= 0.6 is 0 Å². The van der Waals surface area contributed by atoms with Gasteiger partial charge in [0, 0.05) is 31.1 Å². The molecule has 1 aromatic carbocycles. The Morgan fingerprint density at radius 1 is 1.21 bits per heavy atom. The molecular weight excluding hydrogens is 354 g/mol. The van der Waals surface area contributed by atoms with Crippen LogP contribution in [0, 0.1) is 0 Å². The van der Waals surface area contributed by atoms with Gasteiger partial charge in [0.2, 0.25) is 11.8 Å². The van der Waals surface area contributed by atoms with Crippen LogP contribution in [-0.2, 0) is 23.3 Å². The van der Waals surface area contributed by atoms with E-state index in [2.05, 4.69) is 46.7 Å². The number of aromatic nitrogens is 1. The largest absolute Gasteiger partial charge is 0.443 e. The number of aliphatic imine (C=N–C) groups is 1. The van der Waals surface area contributed by atoms with E-state index in [4.69, 9.17) is 4.42 Å². The number of guanidine groups is 1. The van der Waals surface area contributed by atoms with Gasteiger partial charge in [-0.05, 0) is 24.1 Å². The molecule has 1 amide bonds. The SMILES string of the molecule is CCCC(=O)Nc1cccc(CNC(=NC)NCc2ncc(C(C)(C)C)o2)c1. The molecule has 2 aromatic rings. The van der Waals surface area contributed by atoms with Gasteiger partial charge in [0.1, 0.15) is 5.76 Å². The van der Waals surface area contributed by atoms with E-state index in [0.717, 1.165) is 23.4 Å². The Morgan fingerprint density at radius 3 is 2.61 bits per heavy atom. The third kappa shape index (κ3) is 6.72. The summed E-state index contributed by atoms with van der Waals surface area (Å²) in [5.74, 6) is 2.16. The van der Waals surface area contributed by atoms with E-state index in [1.807, 2.05) is 31.2 Å². The summed E-state index contributed by atoms with van der Waals surface area (Å²) in [4.78, 5) is 20.3. The number of carbonyl (C=O) groups excluding carboxylic acids is 1. The number of rotatable bonds is 7. The predicted molar refractivity (Wildman–Crippen MR) is 112 cm³/mol. The first-order valence-corrected chi connectivity index (χ1v) is 9.60. The Balaban J connectivity index is 1.87. The normalized spacial score (nSPS) is 12.0. The molecule has 0 spiro atoms. The topological polar surface area (TPSA) is 91.5 Å². The van der Waals surface area contributed by atoms with E-state index in [1.54, 1.807) is 13.2 Å². The second kappa shape index (κ2) is 9.92. The molecule has 0 aliphatic rings. The lowest BCUT2D eigenvalue weighted by molar-refractivity contribution is -0.116. The fraction of sp³-hybridized carbons (Fsp3) is 0.476. The first-order chi connectivity index (χ1) is 13.3. The number of amides is 1. The molecule has 0 atom stereocenters. The van der Waals surface area contributed by atoms with Crippen LogP contribution in [0.2, 0.25) is 0 Å². The minimum Gasteiger partial charge on any atom is -0.443 e. The molecule has 0 unspecified atom stereocenters. The van der Waals surface area contributed by atoms with Crippen molar-refractivity contribution in [3.63, 3.8) is 0 Å². The number of benzene rings is 1. The Morgan fingerprint density at radius 2 is 1.96 bits per heavy atom. The quantitative estimate of drug-likeness (QED) is 0.500. The summed E-state index contributed by atoms with van der Waals surface area (Å²) in [6, 6.07) is 7.77. The number of nitrogens with one attached hydrogen (secondary N) is 3. The van der Waals surface area contributed by atoms with Crippen molar-refractivity contribution in [3.05, 3.63) is 47.7 Å². The van der Waals surface area contributed by atoms with Gasteiger partial charge in [0.25, 0.3) is 0 Å². The maximum atomic E-state index is 11.7. The summed E-state index contributed by atoms with van der Waals surface area (Å²) in [6.45, 7) is 9.28. The number of hydrogen-bond donors (Lipinski definition) is 3. The summed E-state index contributed by atoms with van der Waals surface area (Å²) < 4.78 is 5.78. The first-order valence-electron chi connectivity index (χ1n) is 9.60. The standard InChI is InChI=1S/C21H31N5O2/c1-6-8-18(27)26-16-10-7-9-15(11-16)12-24-20(22-5)25-14-19-23-13-17(28-19)21(2,3)4/h7,9-11,13H,6,8,12,14H2,1-5H3,(H,26,27)(H2,22,24,25). The third-order valence-corrected chi connectivity index (χ3v) is 4.07. The monoisotopic (exact) mass is 385 g/mol. The summed E-state index contributed by atoms with van der Waals surface area (Å²) in [6.07, 6.45) is 3.12. The number of carbonyl (C=O) groups is 1. The summed E-state index contributed by atoms with van der Waals surface area (Å²) in [5, 5.41) is 9.37. The zero-order valence-corrected chi connectivity index (χ0v) is 17.4. The zero-order valence-electron chi connectivity index (χ0n) is 17.4. The Kier molecular flexibility index (Phi) is 7.61. The van der Waals surface area contributed by atoms with Crippen LogP contribution in [-0.4, -0.2) is 23.9 Å². The fourth-order valence-corrected chi connectivity index (χ4v) is 2.51. The van der Waals surface area contributed by atoms with Crippen LogP contribution < -0.4 is 16.0 Å². The van der Waals surface area contributed by atoms with Gasteiger partial charge < -0.3 is 20.4 Å². The van der Waals surface area contributed by atoms with E-state index in [0.29, 0.717) is 31.4 Å². The molecule has 1 aromatic heterocycles. The molecule has 0 radical (unpaired) electrons. The van der Waals surface area contributed by atoms with E-state index >= 15 is 0 Å². The Labute approximate surface area is 167 Å². The smallest absolute Gasteiger partial charge is 0.224 e. The van der Waals surface area contributed by atoms with E-state index in [9.17, 15) is 4.79 Å². The molecule has 0 bridgehead atoms. The minimum atomic E-state index is -0.0667. The van der Waals surface area contributed by atoms with Crippen LogP contribution in [0.5, 0.6) is 0 Å². The molecule has 0 aliphatic carbocycles. The highest BCUT2D eigenvalue weighted by Gasteiger charge is 2.19. The van der Waals surface area contributed by atoms with Crippen molar-refractivity contribution >= 4 is 17.6 Å². The highest BCUT2D eigenvalue weighted by molar-refractivity contribution is 5.90. The second-order valence-electron chi connectivity index (χ2n) is 7.65.